The molecular weight excluding hydrogens is 242 g/mol. The van der Waals surface area contributed by atoms with Crippen molar-refractivity contribution in [3.63, 3.8) is 0 Å². The molecule has 0 unspecified atom stereocenters. The quantitative estimate of drug-likeness (QED) is 0.817. The molecule has 2 N–H and O–H groups in total. The number of amides is 1. The van der Waals surface area contributed by atoms with Gasteiger partial charge in [-0.3, -0.25) is 0 Å². The topological polar surface area (TPSA) is 69.2 Å². The maximum absolute atomic E-state index is 10.7. The number of nitrogens with zero attached hydrogens (tertiary/aromatic N) is 2. The summed E-state index contributed by atoms with van der Waals surface area (Å²) in [6.07, 6.45) is -0.875. The van der Waals surface area contributed by atoms with E-state index in [2.05, 4.69) is 9.97 Å². The molecule has 1 saturated heterocycles. The molecule has 0 bridgehead atoms. The Morgan fingerprint density at radius 1 is 1.53 bits per heavy atom. The van der Waals surface area contributed by atoms with Crippen LogP contribution in [0.15, 0.2) is 18.2 Å². The van der Waals surface area contributed by atoms with Crippen LogP contribution in [0.2, 0.25) is 5.02 Å². The predicted molar refractivity (Wildman–Crippen MR) is 63.4 cm³/mol. The van der Waals surface area contributed by atoms with Crippen molar-refractivity contribution >= 4 is 28.7 Å². The van der Waals surface area contributed by atoms with Gasteiger partial charge in [-0.15, -0.1) is 0 Å². The number of H-pyrrole nitrogens is 1. The van der Waals surface area contributed by atoms with Gasteiger partial charge in [0.2, 0.25) is 0 Å². The number of nitrogens with one attached hydrogen (secondary N) is 1. The molecule has 1 aliphatic heterocycles. The average Bonchev–Trinajstić information content (AvgIpc) is 2.56. The van der Waals surface area contributed by atoms with E-state index in [1.807, 2.05) is 12.1 Å². The van der Waals surface area contributed by atoms with E-state index in [1.54, 1.807) is 6.07 Å². The Hall–Kier alpha value is -1.75. The molecule has 1 aromatic carbocycles. The van der Waals surface area contributed by atoms with E-state index in [9.17, 15) is 4.79 Å². The molecule has 0 spiro atoms. The van der Waals surface area contributed by atoms with Crippen LogP contribution >= 0.6 is 11.6 Å². The molecular formula is C11H10ClN3O2. The smallest absolute Gasteiger partial charge is 0.407 e. The summed E-state index contributed by atoms with van der Waals surface area (Å²) in [6.45, 7) is 1.01. The minimum atomic E-state index is -0.875. The second-order valence-electron chi connectivity index (χ2n) is 4.17. The highest BCUT2D eigenvalue weighted by Gasteiger charge is 2.33. The van der Waals surface area contributed by atoms with Gasteiger partial charge in [0.25, 0.3) is 0 Å². The number of benzene rings is 1. The van der Waals surface area contributed by atoms with Crippen LogP contribution in [0.4, 0.5) is 4.79 Å². The first kappa shape index (κ1) is 10.4. The summed E-state index contributed by atoms with van der Waals surface area (Å²) in [5, 5.41) is 9.41. The van der Waals surface area contributed by atoms with Gasteiger partial charge in [0, 0.05) is 18.1 Å². The molecule has 3 rings (SSSR count). The zero-order valence-electron chi connectivity index (χ0n) is 8.85. The van der Waals surface area contributed by atoms with Crippen molar-refractivity contribution in [1.29, 1.82) is 0 Å². The first-order chi connectivity index (χ1) is 8.13. The van der Waals surface area contributed by atoms with Crippen molar-refractivity contribution in [2.75, 3.05) is 13.1 Å². The Morgan fingerprint density at radius 3 is 3.00 bits per heavy atom. The summed E-state index contributed by atoms with van der Waals surface area (Å²) < 4.78 is 0. The zero-order valence-corrected chi connectivity index (χ0v) is 9.61. The fraction of sp³-hybridized carbons (Fsp3) is 0.273. The Labute approximate surface area is 102 Å². The highest BCUT2D eigenvalue weighted by Crippen LogP contribution is 2.27. The lowest BCUT2D eigenvalue weighted by molar-refractivity contribution is 0.104. The Balaban J connectivity index is 1.85. The fourth-order valence-electron chi connectivity index (χ4n) is 2.00. The molecule has 0 aliphatic carbocycles. The first-order valence-electron chi connectivity index (χ1n) is 5.26. The van der Waals surface area contributed by atoms with Crippen molar-refractivity contribution in [2.45, 2.75) is 5.92 Å². The van der Waals surface area contributed by atoms with Crippen LogP contribution in [-0.2, 0) is 0 Å². The maximum atomic E-state index is 10.7. The SMILES string of the molecule is O=C(O)N1CC(c2nc3ccc(Cl)cc3[nH]2)C1. The van der Waals surface area contributed by atoms with Gasteiger partial charge < -0.3 is 15.0 Å². The lowest BCUT2D eigenvalue weighted by Crippen LogP contribution is -2.48. The highest BCUT2D eigenvalue weighted by atomic mass is 35.5. The van der Waals surface area contributed by atoms with E-state index in [0.717, 1.165) is 16.9 Å². The standard InChI is InChI=1S/C11H10ClN3O2/c12-7-1-2-8-9(3-7)14-10(13-8)6-4-15(5-6)11(16)17/h1-3,6H,4-5H2,(H,13,14)(H,16,17). The van der Waals surface area contributed by atoms with Gasteiger partial charge in [0.15, 0.2) is 0 Å². The largest absolute Gasteiger partial charge is 0.465 e. The summed E-state index contributed by atoms with van der Waals surface area (Å²) in [5.41, 5.74) is 1.75. The number of likely N-dealkylation sites (tertiary alicyclic amines) is 1. The second kappa shape index (κ2) is 3.63. The van der Waals surface area contributed by atoms with Gasteiger partial charge in [-0.05, 0) is 18.2 Å². The maximum Gasteiger partial charge on any atom is 0.407 e. The molecule has 1 aromatic heterocycles. The monoisotopic (exact) mass is 251 g/mol. The molecule has 88 valence electrons. The molecule has 5 nitrogen and oxygen atoms in total. The number of aromatic amines is 1. The molecule has 1 amide bonds. The minimum absolute atomic E-state index is 0.164. The Morgan fingerprint density at radius 2 is 2.29 bits per heavy atom. The molecule has 2 aromatic rings. The van der Waals surface area contributed by atoms with Crippen LogP contribution in [0.25, 0.3) is 11.0 Å². The number of hydrogen-bond donors (Lipinski definition) is 2. The van der Waals surface area contributed by atoms with Gasteiger partial charge in [-0.2, -0.15) is 0 Å². The number of hydrogen-bond acceptors (Lipinski definition) is 2. The number of carbonyl (C=O) groups is 1. The lowest BCUT2D eigenvalue weighted by Gasteiger charge is -2.35. The van der Waals surface area contributed by atoms with Crippen LogP contribution in [0.3, 0.4) is 0 Å². The third kappa shape index (κ3) is 1.72. The van der Waals surface area contributed by atoms with Gasteiger partial charge >= 0.3 is 6.09 Å². The van der Waals surface area contributed by atoms with Gasteiger partial charge in [-0.1, -0.05) is 11.6 Å². The van der Waals surface area contributed by atoms with Crippen molar-refractivity contribution in [2.24, 2.45) is 0 Å². The second-order valence-corrected chi connectivity index (χ2v) is 4.60. The molecule has 6 heteroatoms. The minimum Gasteiger partial charge on any atom is -0.465 e. The van der Waals surface area contributed by atoms with Gasteiger partial charge in [0.05, 0.1) is 17.0 Å². The first-order valence-corrected chi connectivity index (χ1v) is 5.64. The Kier molecular flexibility index (Phi) is 2.22. The van der Waals surface area contributed by atoms with E-state index in [-0.39, 0.29) is 5.92 Å². The van der Waals surface area contributed by atoms with Crippen LogP contribution in [0, 0.1) is 0 Å². The van der Waals surface area contributed by atoms with Crippen molar-refractivity contribution in [3.8, 4) is 0 Å². The van der Waals surface area contributed by atoms with E-state index in [1.165, 1.54) is 4.90 Å². The number of aromatic nitrogens is 2. The zero-order chi connectivity index (χ0) is 12.0. The van der Waals surface area contributed by atoms with Crippen LogP contribution in [0.5, 0.6) is 0 Å². The molecule has 1 fully saturated rings. The summed E-state index contributed by atoms with van der Waals surface area (Å²) in [7, 11) is 0. The number of halogens is 1. The molecule has 0 radical (unpaired) electrons. The third-order valence-electron chi connectivity index (χ3n) is 3.00. The van der Waals surface area contributed by atoms with E-state index in [0.29, 0.717) is 18.1 Å². The van der Waals surface area contributed by atoms with E-state index < -0.39 is 6.09 Å². The van der Waals surface area contributed by atoms with Gasteiger partial charge in [0.1, 0.15) is 5.82 Å². The van der Waals surface area contributed by atoms with Gasteiger partial charge in [-0.25, -0.2) is 9.78 Å². The molecule has 0 atom stereocenters. The molecule has 17 heavy (non-hydrogen) atoms. The highest BCUT2D eigenvalue weighted by molar-refractivity contribution is 6.31. The predicted octanol–water partition coefficient (Wildman–Crippen LogP) is 2.29. The Bertz CT molecular complexity index is 589. The van der Waals surface area contributed by atoms with Crippen molar-refractivity contribution < 1.29 is 9.90 Å². The summed E-state index contributed by atoms with van der Waals surface area (Å²) >= 11 is 5.89. The summed E-state index contributed by atoms with van der Waals surface area (Å²) in [5.74, 6) is 0.997. The normalized spacial score (nSPS) is 16.2. The van der Waals surface area contributed by atoms with E-state index >= 15 is 0 Å². The third-order valence-corrected chi connectivity index (χ3v) is 3.24. The lowest BCUT2D eigenvalue weighted by atomic mass is 10.0. The van der Waals surface area contributed by atoms with Crippen LogP contribution in [0.1, 0.15) is 11.7 Å². The summed E-state index contributed by atoms with van der Waals surface area (Å²) in [6, 6.07) is 5.46. The van der Waals surface area contributed by atoms with Crippen molar-refractivity contribution in [3.05, 3.63) is 29.0 Å². The summed E-state index contributed by atoms with van der Waals surface area (Å²) in [4.78, 5) is 19.6. The number of imidazole rings is 1. The molecule has 0 saturated carbocycles. The van der Waals surface area contributed by atoms with E-state index in [4.69, 9.17) is 16.7 Å². The number of carboxylic acid groups (broad SMARTS) is 1. The van der Waals surface area contributed by atoms with Crippen LogP contribution < -0.4 is 0 Å². The van der Waals surface area contributed by atoms with Crippen LogP contribution in [-0.4, -0.2) is 39.2 Å². The fourth-order valence-corrected chi connectivity index (χ4v) is 2.17. The molecule has 1 aliphatic rings. The molecule has 2 heterocycles. The van der Waals surface area contributed by atoms with Crippen molar-refractivity contribution in [1.82, 2.24) is 14.9 Å². The average molecular weight is 252 g/mol. The number of rotatable bonds is 1. The number of fused-ring (bicyclic) bond motifs is 1.